The molecule has 0 aliphatic carbocycles. The quantitative estimate of drug-likeness (QED) is 0.637. The number of hydrogen-bond acceptors (Lipinski definition) is 4. The molecule has 0 fully saturated rings. The fraction of sp³-hybridized carbons (Fsp3) is 0.571. The van der Waals surface area contributed by atoms with Crippen molar-refractivity contribution in [3.8, 4) is 0 Å². The second kappa shape index (κ2) is 7.61. The number of nitrogens with two attached hydrogens (primary N) is 1. The molecule has 0 aromatic heterocycles. The van der Waals surface area contributed by atoms with Crippen LogP contribution < -0.4 is 10.5 Å². The average molecular weight is 300 g/mol. The molecule has 0 radical (unpaired) electrons. The molecule has 1 rings (SSSR count). The molecule has 114 valence electrons. The van der Waals surface area contributed by atoms with Crippen molar-refractivity contribution in [2.24, 2.45) is 5.92 Å². The Kier molecular flexibility index (Phi) is 6.45. The predicted molar refractivity (Wildman–Crippen MR) is 80.9 cm³/mol. The Hall–Kier alpha value is -1.11. The molecule has 5 nitrogen and oxygen atoms in total. The lowest BCUT2D eigenvalue weighted by atomic mass is 10.0. The van der Waals surface area contributed by atoms with Crippen molar-refractivity contribution >= 4 is 15.7 Å². The number of benzene rings is 1. The van der Waals surface area contributed by atoms with Crippen LogP contribution in [-0.2, 0) is 10.0 Å². The second-order valence-corrected chi connectivity index (χ2v) is 6.87. The van der Waals surface area contributed by atoms with Gasteiger partial charge in [-0.3, -0.25) is 0 Å². The van der Waals surface area contributed by atoms with Crippen molar-refractivity contribution in [1.82, 2.24) is 4.72 Å². The van der Waals surface area contributed by atoms with Gasteiger partial charge in [0, 0.05) is 18.8 Å². The molecule has 0 bridgehead atoms. The molecule has 20 heavy (non-hydrogen) atoms. The van der Waals surface area contributed by atoms with E-state index in [1.807, 2.05) is 6.92 Å². The van der Waals surface area contributed by atoms with Crippen molar-refractivity contribution in [3.05, 3.63) is 23.8 Å². The third-order valence-electron chi connectivity index (χ3n) is 3.18. The normalized spacial score (nSPS) is 13.3. The summed E-state index contributed by atoms with van der Waals surface area (Å²) in [5.74, 6) is 0.155. The standard InChI is InChI=1S/C14H24N2O3S/c1-3-4-12(5-6-17)10-16-20(18,19)14-8-11(2)7-13(15)9-14/h7-9,12,16-17H,3-6,10,15H2,1-2H3. The first-order valence-corrected chi connectivity index (χ1v) is 8.35. The van der Waals surface area contributed by atoms with E-state index in [-0.39, 0.29) is 17.4 Å². The van der Waals surface area contributed by atoms with E-state index in [0.29, 0.717) is 18.7 Å². The van der Waals surface area contributed by atoms with Gasteiger partial charge in [-0.15, -0.1) is 0 Å². The van der Waals surface area contributed by atoms with Crippen LogP contribution in [0.2, 0.25) is 0 Å². The molecule has 1 atom stereocenters. The van der Waals surface area contributed by atoms with Crippen molar-refractivity contribution in [2.75, 3.05) is 18.9 Å². The first-order valence-electron chi connectivity index (χ1n) is 6.86. The Bertz CT molecular complexity index is 503. The monoisotopic (exact) mass is 300 g/mol. The van der Waals surface area contributed by atoms with Crippen LogP contribution in [0.3, 0.4) is 0 Å². The minimum absolute atomic E-state index is 0.0732. The van der Waals surface area contributed by atoms with E-state index in [4.69, 9.17) is 10.8 Å². The molecule has 0 heterocycles. The van der Waals surface area contributed by atoms with Crippen LogP contribution in [0.15, 0.2) is 23.1 Å². The fourth-order valence-corrected chi connectivity index (χ4v) is 3.44. The number of aliphatic hydroxyl groups is 1. The van der Waals surface area contributed by atoms with Gasteiger partial charge in [-0.1, -0.05) is 13.3 Å². The van der Waals surface area contributed by atoms with E-state index in [9.17, 15) is 8.42 Å². The molecule has 1 aromatic rings. The number of aliphatic hydroxyl groups excluding tert-OH is 1. The van der Waals surface area contributed by atoms with Gasteiger partial charge in [-0.2, -0.15) is 0 Å². The zero-order valence-electron chi connectivity index (χ0n) is 12.1. The van der Waals surface area contributed by atoms with Gasteiger partial charge in [0.25, 0.3) is 0 Å². The maximum Gasteiger partial charge on any atom is 0.240 e. The van der Waals surface area contributed by atoms with Crippen molar-refractivity contribution in [1.29, 1.82) is 0 Å². The van der Waals surface area contributed by atoms with Crippen LogP contribution in [0.1, 0.15) is 31.7 Å². The number of rotatable bonds is 8. The Morgan fingerprint density at radius 3 is 2.55 bits per heavy atom. The molecule has 0 aliphatic rings. The summed E-state index contributed by atoms with van der Waals surface area (Å²) < 4.78 is 27.0. The van der Waals surface area contributed by atoms with Gasteiger partial charge in [-0.05, 0) is 49.4 Å². The average Bonchev–Trinajstić information content (AvgIpc) is 2.35. The summed E-state index contributed by atoms with van der Waals surface area (Å²) in [5.41, 5.74) is 6.93. The molecule has 0 aliphatic heterocycles. The fourth-order valence-electron chi connectivity index (χ4n) is 2.18. The largest absolute Gasteiger partial charge is 0.399 e. The maximum atomic E-state index is 12.2. The van der Waals surface area contributed by atoms with Crippen molar-refractivity contribution < 1.29 is 13.5 Å². The lowest BCUT2D eigenvalue weighted by molar-refractivity contribution is 0.251. The molecule has 0 spiro atoms. The van der Waals surface area contributed by atoms with E-state index in [0.717, 1.165) is 18.4 Å². The Morgan fingerprint density at radius 1 is 1.30 bits per heavy atom. The van der Waals surface area contributed by atoms with Crippen LogP contribution in [0.4, 0.5) is 5.69 Å². The van der Waals surface area contributed by atoms with Gasteiger partial charge in [0.2, 0.25) is 10.0 Å². The summed E-state index contributed by atoms with van der Waals surface area (Å²) in [5, 5.41) is 8.99. The highest BCUT2D eigenvalue weighted by Gasteiger charge is 2.17. The van der Waals surface area contributed by atoms with Gasteiger partial charge in [0.15, 0.2) is 0 Å². The summed E-state index contributed by atoms with van der Waals surface area (Å²) in [4.78, 5) is 0.189. The molecule has 0 saturated heterocycles. The highest BCUT2D eigenvalue weighted by Crippen LogP contribution is 2.17. The van der Waals surface area contributed by atoms with E-state index < -0.39 is 10.0 Å². The molecule has 1 aromatic carbocycles. The summed E-state index contributed by atoms with van der Waals surface area (Å²) >= 11 is 0. The SMILES string of the molecule is CCCC(CCO)CNS(=O)(=O)c1cc(C)cc(N)c1. The van der Waals surface area contributed by atoms with Crippen LogP contribution in [0.25, 0.3) is 0 Å². The van der Waals surface area contributed by atoms with Crippen molar-refractivity contribution in [3.63, 3.8) is 0 Å². The van der Waals surface area contributed by atoms with Gasteiger partial charge in [0.1, 0.15) is 0 Å². The van der Waals surface area contributed by atoms with Crippen LogP contribution in [-0.4, -0.2) is 26.7 Å². The summed E-state index contributed by atoms with van der Waals surface area (Å²) in [7, 11) is -3.55. The summed E-state index contributed by atoms with van der Waals surface area (Å²) in [6.45, 7) is 4.26. The molecule has 4 N–H and O–H groups in total. The second-order valence-electron chi connectivity index (χ2n) is 5.10. The third-order valence-corrected chi connectivity index (χ3v) is 4.58. The van der Waals surface area contributed by atoms with Gasteiger partial charge in [0.05, 0.1) is 4.90 Å². The lowest BCUT2D eigenvalue weighted by Crippen LogP contribution is -2.30. The number of anilines is 1. The number of sulfonamides is 1. The summed E-state index contributed by atoms with van der Waals surface area (Å²) in [6.07, 6.45) is 2.45. The van der Waals surface area contributed by atoms with E-state index >= 15 is 0 Å². The van der Waals surface area contributed by atoms with Crippen LogP contribution >= 0.6 is 0 Å². The number of aryl methyl sites for hydroxylation is 1. The van der Waals surface area contributed by atoms with Crippen LogP contribution in [0.5, 0.6) is 0 Å². The third kappa shape index (κ3) is 5.11. The molecule has 0 amide bonds. The highest BCUT2D eigenvalue weighted by molar-refractivity contribution is 7.89. The minimum Gasteiger partial charge on any atom is -0.399 e. The zero-order chi connectivity index (χ0) is 15.2. The molecule has 6 heteroatoms. The Labute approximate surface area is 121 Å². The molecular weight excluding hydrogens is 276 g/mol. The summed E-state index contributed by atoms with van der Waals surface area (Å²) in [6, 6.07) is 4.78. The van der Waals surface area contributed by atoms with Crippen LogP contribution in [0, 0.1) is 12.8 Å². The highest BCUT2D eigenvalue weighted by atomic mass is 32.2. The van der Waals surface area contributed by atoms with Gasteiger partial charge < -0.3 is 10.8 Å². The molecule has 0 saturated carbocycles. The van der Waals surface area contributed by atoms with E-state index in [1.54, 1.807) is 19.1 Å². The molecule has 1 unspecified atom stereocenters. The smallest absolute Gasteiger partial charge is 0.240 e. The zero-order valence-corrected chi connectivity index (χ0v) is 12.9. The Balaban J connectivity index is 2.78. The minimum atomic E-state index is -3.55. The topological polar surface area (TPSA) is 92.4 Å². The van der Waals surface area contributed by atoms with E-state index in [1.165, 1.54) is 6.07 Å². The molecular formula is C14H24N2O3S. The number of hydrogen-bond donors (Lipinski definition) is 3. The van der Waals surface area contributed by atoms with E-state index in [2.05, 4.69) is 4.72 Å². The Morgan fingerprint density at radius 2 is 2.00 bits per heavy atom. The van der Waals surface area contributed by atoms with Crippen molar-refractivity contribution in [2.45, 2.75) is 38.0 Å². The maximum absolute atomic E-state index is 12.2. The van der Waals surface area contributed by atoms with Gasteiger partial charge in [-0.25, -0.2) is 13.1 Å². The predicted octanol–water partition coefficient (Wildman–Crippen LogP) is 1.65. The first-order chi connectivity index (χ1) is 9.39. The number of nitrogens with one attached hydrogen (secondary N) is 1. The van der Waals surface area contributed by atoms with Gasteiger partial charge >= 0.3 is 0 Å². The lowest BCUT2D eigenvalue weighted by Gasteiger charge is -2.16. The first kappa shape index (κ1) is 16.9. The number of nitrogen functional groups attached to an aromatic ring is 1.